The molecule has 0 rings (SSSR count). The highest BCUT2D eigenvalue weighted by atomic mass is 19.2. The average molecular weight is 111 g/mol. The van der Waals surface area contributed by atoms with Gasteiger partial charge in [-0.25, -0.2) is 4.39 Å². The third-order valence-electron chi connectivity index (χ3n) is 0.421. The van der Waals surface area contributed by atoms with Gasteiger partial charge in [-0.2, -0.15) is 4.39 Å². The summed E-state index contributed by atoms with van der Waals surface area (Å²) in [5, 5.41) is 7.81. The van der Waals surface area contributed by atoms with Gasteiger partial charge >= 0.3 is 6.04 Å². The lowest BCUT2D eigenvalue weighted by Crippen LogP contribution is -2.22. The molecule has 0 aromatic carbocycles. The molecule has 2 nitrogen and oxygen atoms in total. The van der Waals surface area contributed by atoms with Crippen LogP contribution in [0, 0.1) is 6.67 Å². The van der Waals surface area contributed by atoms with E-state index in [0.717, 1.165) is 7.11 Å². The van der Waals surface area contributed by atoms with Gasteiger partial charge in [0.2, 0.25) is 6.67 Å². The molecule has 0 aliphatic carbocycles. The minimum Gasteiger partial charge on any atom is -0.337 e. The predicted octanol–water partition coefficient (Wildman–Crippen LogP) is 0.380. The van der Waals surface area contributed by atoms with Crippen molar-refractivity contribution in [1.82, 2.24) is 0 Å². The first-order valence-electron chi connectivity index (χ1n) is 1.53. The molecule has 43 valence electrons. The summed E-state index contributed by atoms with van der Waals surface area (Å²) < 4.78 is 25.9. The van der Waals surface area contributed by atoms with Gasteiger partial charge in [0.05, 0.1) is 0 Å². The highest BCUT2D eigenvalue weighted by Gasteiger charge is 2.25. The van der Waals surface area contributed by atoms with E-state index < -0.39 is 12.7 Å². The lowest BCUT2D eigenvalue weighted by molar-refractivity contribution is -0.261. The van der Waals surface area contributed by atoms with E-state index in [-0.39, 0.29) is 0 Å². The third kappa shape index (κ3) is 2.47. The Balaban J connectivity index is 3.36. The SMILES string of the molecule is COC(O)(F)[CH]F. The average Bonchev–Trinajstić information content (AvgIpc) is 1.68. The maximum atomic E-state index is 11.5. The van der Waals surface area contributed by atoms with Crippen molar-refractivity contribution in [1.29, 1.82) is 0 Å². The number of ether oxygens (including phenoxy) is 1. The Morgan fingerprint density at radius 2 is 2.29 bits per heavy atom. The highest BCUT2D eigenvalue weighted by molar-refractivity contribution is 4.58. The van der Waals surface area contributed by atoms with Crippen LogP contribution in [0.5, 0.6) is 0 Å². The van der Waals surface area contributed by atoms with Crippen LogP contribution in [0.1, 0.15) is 0 Å². The number of aliphatic hydroxyl groups is 1. The summed E-state index contributed by atoms with van der Waals surface area (Å²) in [5.74, 6) is 0. The first kappa shape index (κ1) is 6.78. The number of halogens is 2. The molecule has 0 saturated carbocycles. The molecule has 0 aliphatic heterocycles. The molecule has 1 unspecified atom stereocenters. The molecule has 0 bridgehead atoms. The molecule has 0 heterocycles. The van der Waals surface area contributed by atoms with Gasteiger partial charge in [0.15, 0.2) is 0 Å². The second-order valence-electron chi connectivity index (χ2n) is 0.922. The van der Waals surface area contributed by atoms with Gasteiger partial charge in [-0.1, -0.05) is 0 Å². The zero-order valence-electron chi connectivity index (χ0n) is 3.69. The summed E-state index contributed by atoms with van der Waals surface area (Å²) in [5.41, 5.74) is 0. The van der Waals surface area contributed by atoms with Gasteiger partial charge in [-0.15, -0.1) is 0 Å². The van der Waals surface area contributed by atoms with Crippen LogP contribution in [0.2, 0.25) is 0 Å². The van der Waals surface area contributed by atoms with E-state index in [2.05, 4.69) is 4.74 Å². The molecule has 0 aliphatic rings. The topological polar surface area (TPSA) is 29.5 Å². The van der Waals surface area contributed by atoms with E-state index in [1.54, 1.807) is 0 Å². The van der Waals surface area contributed by atoms with Crippen LogP contribution in [-0.4, -0.2) is 18.3 Å². The van der Waals surface area contributed by atoms with Crippen LogP contribution < -0.4 is 0 Å². The second-order valence-corrected chi connectivity index (χ2v) is 0.922. The summed E-state index contributed by atoms with van der Waals surface area (Å²) in [7, 11) is 0.843. The van der Waals surface area contributed by atoms with Crippen LogP contribution >= 0.6 is 0 Å². The van der Waals surface area contributed by atoms with E-state index in [1.165, 1.54) is 0 Å². The Bertz CT molecular complexity index is 48.9. The lowest BCUT2D eigenvalue weighted by Gasteiger charge is -2.08. The Morgan fingerprint density at radius 3 is 2.29 bits per heavy atom. The zero-order valence-corrected chi connectivity index (χ0v) is 3.69. The van der Waals surface area contributed by atoms with Gasteiger partial charge in [-0.3, -0.25) is 0 Å². The predicted molar refractivity (Wildman–Crippen MR) is 18.5 cm³/mol. The fourth-order valence-corrected chi connectivity index (χ4v) is 0.0445. The van der Waals surface area contributed by atoms with E-state index in [4.69, 9.17) is 5.11 Å². The van der Waals surface area contributed by atoms with Crippen molar-refractivity contribution in [2.45, 2.75) is 6.04 Å². The number of hydrogen-bond acceptors (Lipinski definition) is 2. The second kappa shape index (κ2) is 2.18. The van der Waals surface area contributed by atoms with Crippen molar-refractivity contribution in [2.24, 2.45) is 0 Å². The van der Waals surface area contributed by atoms with E-state index in [9.17, 15) is 8.78 Å². The van der Waals surface area contributed by atoms with Gasteiger partial charge in [-0.05, 0) is 0 Å². The number of hydrogen-bond donors (Lipinski definition) is 1. The number of methoxy groups -OCH3 is 1. The van der Waals surface area contributed by atoms with Crippen molar-refractivity contribution in [2.75, 3.05) is 7.11 Å². The Morgan fingerprint density at radius 1 is 1.86 bits per heavy atom. The van der Waals surface area contributed by atoms with Crippen LogP contribution in [0.4, 0.5) is 8.78 Å². The van der Waals surface area contributed by atoms with Gasteiger partial charge in [0.25, 0.3) is 0 Å². The summed E-state index contributed by atoms with van der Waals surface area (Å²) in [6.45, 7) is -0.590. The monoisotopic (exact) mass is 111 g/mol. The van der Waals surface area contributed by atoms with Gasteiger partial charge < -0.3 is 9.84 Å². The summed E-state index contributed by atoms with van der Waals surface area (Å²) >= 11 is 0. The molecule has 1 atom stereocenters. The summed E-state index contributed by atoms with van der Waals surface area (Å²) in [4.78, 5) is 0. The summed E-state index contributed by atoms with van der Waals surface area (Å²) in [6.07, 6.45) is 0. The molecule has 1 radical (unpaired) electrons. The number of rotatable bonds is 2. The lowest BCUT2D eigenvalue weighted by atomic mass is 10.7. The largest absolute Gasteiger partial charge is 0.353 e. The van der Waals surface area contributed by atoms with Gasteiger partial charge in [0, 0.05) is 7.11 Å². The summed E-state index contributed by atoms with van der Waals surface area (Å²) in [6, 6.07) is -3.21. The van der Waals surface area contributed by atoms with E-state index in [1.807, 2.05) is 0 Å². The molecule has 0 amide bonds. The van der Waals surface area contributed by atoms with Crippen molar-refractivity contribution in [3.63, 3.8) is 0 Å². The molecule has 0 spiro atoms. The van der Waals surface area contributed by atoms with E-state index >= 15 is 0 Å². The zero-order chi connectivity index (χ0) is 5.91. The normalized spacial score (nSPS) is 18.9. The number of alkyl halides is 1. The molecule has 0 fully saturated rings. The standard InChI is InChI=1S/C3H5F2O2/c1-7-3(5,6)2-4/h2,6H,1H3. The first-order chi connectivity index (χ1) is 3.12. The molecule has 4 heteroatoms. The Hall–Kier alpha value is -0.220. The van der Waals surface area contributed by atoms with Gasteiger partial charge in [0.1, 0.15) is 0 Å². The van der Waals surface area contributed by atoms with Crippen molar-refractivity contribution in [3.8, 4) is 0 Å². The molecule has 0 aromatic heterocycles. The molecule has 0 saturated heterocycles. The maximum Gasteiger partial charge on any atom is 0.353 e. The molecule has 1 N–H and O–H groups in total. The third-order valence-corrected chi connectivity index (χ3v) is 0.421. The van der Waals surface area contributed by atoms with Crippen molar-refractivity contribution >= 4 is 0 Å². The van der Waals surface area contributed by atoms with Crippen LogP contribution in [0.25, 0.3) is 0 Å². The quantitative estimate of drug-likeness (QED) is 0.522. The van der Waals surface area contributed by atoms with Crippen molar-refractivity contribution in [3.05, 3.63) is 6.67 Å². The Kier molecular flexibility index (Phi) is 2.11. The maximum absolute atomic E-state index is 11.5. The fraction of sp³-hybridized carbons (Fsp3) is 0.667. The minimum atomic E-state index is -3.21. The smallest absolute Gasteiger partial charge is 0.337 e. The fourth-order valence-electron chi connectivity index (χ4n) is 0.0445. The minimum absolute atomic E-state index is 0.590. The molecule has 0 aromatic rings. The van der Waals surface area contributed by atoms with E-state index in [0.29, 0.717) is 0 Å². The Labute approximate surface area is 39.7 Å². The molecular weight excluding hydrogens is 106 g/mol. The molecule has 7 heavy (non-hydrogen) atoms. The highest BCUT2D eigenvalue weighted by Crippen LogP contribution is 2.10. The van der Waals surface area contributed by atoms with Crippen LogP contribution in [0.15, 0.2) is 0 Å². The van der Waals surface area contributed by atoms with Crippen LogP contribution in [0.3, 0.4) is 0 Å². The first-order valence-corrected chi connectivity index (χ1v) is 1.53. The van der Waals surface area contributed by atoms with Crippen LogP contribution in [-0.2, 0) is 4.74 Å². The molecular formula is C3H5F2O2. The van der Waals surface area contributed by atoms with Crippen molar-refractivity contribution < 1.29 is 18.6 Å².